The van der Waals surface area contributed by atoms with Crippen LogP contribution in [0.3, 0.4) is 0 Å². The summed E-state index contributed by atoms with van der Waals surface area (Å²) >= 11 is 11.7. The molecule has 0 saturated carbocycles. The van der Waals surface area contributed by atoms with Gasteiger partial charge in [0.2, 0.25) is 0 Å². The van der Waals surface area contributed by atoms with Gasteiger partial charge in [0, 0.05) is 12.7 Å². The number of anilines is 1. The van der Waals surface area contributed by atoms with Gasteiger partial charge in [0.25, 0.3) is 0 Å². The fourth-order valence-electron chi connectivity index (χ4n) is 1.20. The Labute approximate surface area is 112 Å². The number of hydrogen-bond donors (Lipinski definition) is 1. The number of nitrogen functional groups attached to an aromatic ring is 1. The molecule has 0 amide bonds. The van der Waals surface area contributed by atoms with Crippen LogP contribution < -0.4 is 10.5 Å². The minimum atomic E-state index is 0.424. The van der Waals surface area contributed by atoms with Crippen LogP contribution in [0.2, 0.25) is 10.0 Å². The van der Waals surface area contributed by atoms with E-state index in [0.717, 1.165) is 6.61 Å². The van der Waals surface area contributed by atoms with Crippen molar-refractivity contribution in [1.29, 1.82) is 0 Å². The number of benzene rings is 1. The zero-order valence-electron chi connectivity index (χ0n) is 10.0. The molecule has 17 heavy (non-hydrogen) atoms. The topological polar surface area (TPSA) is 44.5 Å². The van der Waals surface area contributed by atoms with Crippen LogP contribution in [0.15, 0.2) is 12.1 Å². The third-order valence-corrected chi connectivity index (χ3v) is 2.71. The van der Waals surface area contributed by atoms with E-state index < -0.39 is 0 Å². The van der Waals surface area contributed by atoms with E-state index in [-0.39, 0.29) is 0 Å². The van der Waals surface area contributed by atoms with Crippen LogP contribution in [-0.2, 0) is 4.74 Å². The first kappa shape index (κ1) is 14.4. The van der Waals surface area contributed by atoms with Crippen molar-refractivity contribution in [3.63, 3.8) is 0 Å². The highest BCUT2D eigenvalue weighted by atomic mass is 35.5. The largest absolute Gasteiger partial charge is 0.489 e. The minimum absolute atomic E-state index is 0.424. The van der Waals surface area contributed by atoms with Crippen molar-refractivity contribution < 1.29 is 9.47 Å². The van der Waals surface area contributed by atoms with Gasteiger partial charge in [-0.25, -0.2) is 0 Å². The van der Waals surface area contributed by atoms with Crippen molar-refractivity contribution in [2.45, 2.75) is 13.8 Å². The van der Waals surface area contributed by atoms with E-state index in [4.69, 9.17) is 38.4 Å². The third-order valence-electron chi connectivity index (χ3n) is 1.99. The summed E-state index contributed by atoms with van der Waals surface area (Å²) in [6, 6.07) is 3.19. The molecular weight excluding hydrogens is 261 g/mol. The van der Waals surface area contributed by atoms with Crippen molar-refractivity contribution in [3.05, 3.63) is 22.2 Å². The van der Waals surface area contributed by atoms with Crippen molar-refractivity contribution in [3.8, 4) is 5.75 Å². The maximum atomic E-state index is 5.87. The molecule has 0 aliphatic rings. The van der Waals surface area contributed by atoms with Crippen LogP contribution in [0.25, 0.3) is 0 Å². The molecule has 0 unspecified atom stereocenters. The predicted octanol–water partition coefficient (Wildman–Crippen LogP) is 3.63. The van der Waals surface area contributed by atoms with E-state index in [1.165, 1.54) is 0 Å². The molecule has 1 aromatic rings. The summed E-state index contributed by atoms with van der Waals surface area (Å²) in [7, 11) is 0. The molecule has 0 aliphatic heterocycles. The molecule has 0 aliphatic carbocycles. The molecule has 0 heterocycles. The molecule has 5 heteroatoms. The lowest BCUT2D eigenvalue weighted by atomic mass is 10.2. The smallest absolute Gasteiger partial charge is 0.143 e. The van der Waals surface area contributed by atoms with E-state index in [1.807, 2.05) is 0 Å². The molecule has 1 aromatic carbocycles. The van der Waals surface area contributed by atoms with Crippen LogP contribution in [0.4, 0.5) is 5.69 Å². The zero-order valence-corrected chi connectivity index (χ0v) is 11.5. The molecule has 1 rings (SSSR count). The fourth-order valence-corrected chi connectivity index (χ4v) is 1.52. The van der Waals surface area contributed by atoms with Gasteiger partial charge in [-0.15, -0.1) is 0 Å². The molecule has 0 radical (unpaired) electrons. The van der Waals surface area contributed by atoms with Crippen molar-refractivity contribution in [1.82, 2.24) is 0 Å². The summed E-state index contributed by atoms with van der Waals surface area (Å²) in [6.07, 6.45) is 0. The fraction of sp³-hybridized carbons (Fsp3) is 0.500. The van der Waals surface area contributed by atoms with Crippen LogP contribution >= 0.6 is 23.2 Å². The first-order valence-electron chi connectivity index (χ1n) is 5.45. The lowest BCUT2D eigenvalue weighted by molar-refractivity contribution is 0.0821. The molecular formula is C12H17Cl2NO2. The predicted molar refractivity (Wildman–Crippen MR) is 72.0 cm³/mol. The molecule has 3 nitrogen and oxygen atoms in total. The van der Waals surface area contributed by atoms with Gasteiger partial charge in [0.05, 0.1) is 22.3 Å². The van der Waals surface area contributed by atoms with E-state index in [1.54, 1.807) is 12.1 Å². The normalized spacial score (nSPS) is 10.9. The Kier molecular flexibility index (Phi) is 5.89. The minimum Gasteiger partial charge on any atom is -0.489 e. The number of hydrogen-bond acceptors (Lipinski definition) is 3. The third kappa shape index (κ3) is 5.02. The maximum absolute atomic E-state index is 5.87. The summed E-state index contributed by atoms with van der Waals surface area (Å²) in [4.78, 5) is 0. The Morgan fingerprint density at radius 3 is 2.47 bits per heavy atom. The molecule has 96 valence electrons. The van der Waals surface area contributed by atoms with Crippen molar-refractivity contribution in [2.75, 3.05) is 25.6 Å². The standard InChI is InChI=1S/C12H17Cl2NO2/c1-8(2)7-16-3-4-17-12-6-10(14)9(13)5-11(12)15/h5-6,8H,3-4,7,15H2,1-2H3. The van der Waals surface area contributed by atoms with Gasteiger partial charge >= 0.3 is 0 Å². The van der Waals surface area contributed by atoms with Crippen molar-refractivity contribution in [2.24, 2.45) is 5.92 Å². The molecule has 0 spiro atoms. The van der Waals surface area contributed by atoms with Gasteiger partial charge in [-0.05, 0) is 12.0 Å². The molecule has 0 fully saturated rings. The van der Waals surface area contributed by atoms with E-state index in [9.17, 15) is 0 Å². The monoisotopic (exact) mass is 277 g/mol. The van der Waals surface area contributed by atoms with Gasteiger partial charge < -0.3 is 15.2 Å². The zero-order chi connectivity index (χ0) is 12.8. The summed E-state index contributed by atoms with van der Waals surface area (Å²) in [5.41, 5.74) is 6.22. The Morgan fingerprint density at radius 1 is 1.18 bits per heavy atom. The number of nitrogens with two attached hydrogens (primary N) is 1. The van der Waals surface area contributed by atoms with E-state index in [2.05, 4.69) is 13.8 Å². The molecule has 0 atom stereocenters. The first-order chi connectivity index (χ1) is 8.00. The summed E-state index contributed by atoms with van der Waals surface area (Å²) in [5, 5.41) is 0.853. The highest BCUT2D eigenvalue weighted by molar-refractivity contribution is 6.42. The van der Waals surface area contributed by atoms with Crippen molar-refractivity contribution >= 4 is 28.9 Å². The van der Waals surface area contributed by atoms with Crippen LogP contribution in [0.1, 0.15) is 13.8 Å². The van der Waals surface area contributed by atoms with Crippen LogP contribution in [-0.4, -0.2) is 19.8 Å². The van der Waals surface area contributed by atoms with Crippen LogP contribution in [0.5, 0.6) is 5.75 Å². The summed E-state index contributed by atoms with van der Waals surface area (Å²) < 4.78 is 10.8. The highest BCUT2D eigenvalue weighted by Crippen LogP contribution is 2.32. The second-order valence-corrected chi connectivity index (χ2v) is 4.94. The van der Waals surface area contributed by atoms with Gasteiger partial charge in [0.15, 0.2) is 0 Å². The van der Waals surface area contributed by atoms with Gasteiger partial charge in [-0.1, -0.05) is 37.0 Å². The average molecular weight is 278 g/mol. The Balaban J connectivity index is 2.39. The van der Waals surface area contributed by atoms with E-state index >= 15 is 0 Å². The maximum Gasteiger partial charge on any atom is 0.143 e. The Hall–Kier alpha value is -0.640. The SMILES string of the molecule is CC(C)COCCOc1cc(Cl)c(Cl)cc1N. The van der Waals surface area contributed by atoms with Gasteiger partial charge in [0.1, 0.15) is 12.4 Å². The summed E-state index contributed by atoms with van der Waals surface area (Å²) in [6.45, 7) is 5.88. The van der Waals surface area contributed by atoms with Gasteiger partial charge in [-0.2, -0.15) is 0 Å². The Bertz CT molecular complexity index is 370. The lowest BCUT2D eigenvalue weighted by Gasteiger charge is -2.11. The van der Waals surface area contributed by atoms with E-state index in [0.29, 0.717) is 40.6 Å². The molecule has 2 N–H and O–H groups in total. The molecule has 0 bridgehead atoms. The van der Waals surface area contributed by atoms with Gasteiger partial charge in [-0.3, -0.25) is 0 Å². The highest BCUT2D eigenvalue weighted by Gasteiger charge is 2.06. The number of halogens is 2. The second kappa shape index (κ2) is 6.94. The average Bonchev–Trinajstić information content (AvgIpc) is 2.24. The second-order valence-electron chi connectivity index (χ2n) is 4.12. The lowest BCUT2D eigenvalue weighted by Crippen LogP contribution is -2.10. The van der Waals surface area contributed by atoms with Crippen LogP contribution in [0, 0.1) is 5.92 Å². The Morgan fingerprint density at radius 2 is 1.82 bits per heavy atom. The number of rotatable bonds is 6. The first-order valence-corrected chi connectivity index (χ1v) is 6.21. The summed E-state index contributed by atoms with van der Waals surface area (Å²) in [5.74, 6) is 1.05. The molecule has 0 aromatic heterocycles. The molecule has 0 saturated heterocycles. The number of ether oxygens (including phenoxy) is 2. The quantitative estimate of drug-likeness (QED) is 0.638.